The third kappa shape index (κ3) is 2.63. The highest BCUT2D eigenvalue weighted by molar-refractivity contribution is 5.72. The van der Waals surface area contributed by atoms with Crippen LogP contribution in [0.4, 0.5) is 0 Å². The van der Waals surface area contributed by atoms with Gasteiger partial charge < -0.3 is 8.98 Å². The Kier molecular flexibility index (Phi) is 3.40. The van der Waals surface area contributed by atoms with Crippen molar-refractivity contribution in [1.82, 2.24) is 19.4 Å². The van der Waals surface area contributed by atoms with Gasteiger partial charge in [0.1, 0.15) is 5.52 Å². The maximum atomic E-state index is 5.81. The Labute approximate surface area is 141 Å². The molecule has 1 aromatic carbocycles. The molecule has 124 valence electrons. The molecule has 3 heterocycles. The summed E-state index contributed by atoms with van der Waals surface area (Å²) in [6, 6.07) is 8.72. The van der Waals surface area contributed by atoms with Gasteiger partial charge in [0, 0.05) is 37.7 Å². The molecule has 3 aromatic rings. The number of hydrogen-bond donors (Lipinski definition) is 0. The summed E-state index contributed by atoms with van der Waals surface area (Å²) in [5.74, 6) is 0.854. The number of para-hydroxylation sites is 2. The predicted octanol–water partition coefficient (Wildman–Crippen LogP) is 3.35. The molecule has 0 saturated heterocycles. The van der Waals surface area contributed by atoms with E-state index in [4.69, 9.17) is 4.42 Å². The lowest BCUT2D eigenvalue weighted by Gasteiger charge is -2.26. The largest absolute Gasteiger partial charge is 0.441 e. The van der Waals surface area contributed by atoms with E-state index in [1.807, 2.05) is 24.3 Å². The van der Waals surface area contributed by atoms with Gasteiger partial charge in [-0.1, -0.05) is 12.1 Å². The molecule has 0 atom stereocenters. The van der Waals surface area contributed by atoms with Crippen LogP contribution in [0.3, 0.4) is 0 Å². The Morgan fingerprint density at radius 1 is 1.21 bits per heavy atom. The highest BCUT2D eigenvalue weighted by Gasteiger charge is 2.29. The SMILES string of the molecule is c1ccc2oc(CCCN3CCc4c(ncn4C4CC4)C3)nc2c1. The van der Waals surface area contributed by atoms with Crippen LogP contribution in [0, 0.1) is 0 Å². The van der Waals surface area contributed by atoms with Crippen LogP contribution in [0.2, 0.25) is 0 Å². The number of fused-ring (bicyclic) bond motifs is 2. The van der Waals surface area contributed by atoms with Gasteiger partial charge in [-0.05, 0) is 37.9 Å². The van der Waals surface area contributed by atoms with E-state index in [1.165, 1.54) is 24.2 Å². The fourth-order valence-electron chi connectivity index (χ4n) is 3.72. The first-order valence-corrected chi connectivity index (χ1v) is 8.98. The number of benzene rings is 1. The van der Waals surface area contributed by atoms with Crippen molar-refractivity contribution in [2.75, 3.05) is 13.1 Å². The van der Waals surface area contributed by atoms with Crippen LogP contribution in [0.5, 0.6) is 0 Å². The molecule has 2 aromatic heterocycles. The Bertz CT molecular complexity index is 828. The topological polar surface area (TPSA) is 47.1 Å². The Balaban J connectivity index is 1.18. The van der Waals surface area contributed by atoms with Crippen LogP contribution >= 0.6 is 0 Å². The van der Waals surface area contributed by atoms with E-state index in [2.05, 4.69) is 25.8 Å². The van der Waals surface area contributed by atoms with E-state index in [0.717, 1.165) is 61.9 Å². The first-order valence-electron chi connectivity index (χ1n) is 8.98. The molecule has 0 radical (unpaired) electrons. The third-order valence-corrected chi connectivity index (χ3v) is 5.16. The van der Waals surface area contributed by atoms with Gasteiger partial charge in [0.2, 0.25) is 0 Å². The van der Waals surface area contributed by atoms with Gasteiger partial charge in [-0.25, -0.2) is 9.97 Å². The van der Waals surface area contributed by atoms with E-state index in [-0.39, 0.29) is 0 Å². The first kappa shape index (κ1) is 14.2. The molecule has 24 heavy (non-hydrogen) atoms. The van der Waals surface area contributed by atoms with Crippen molar-refractivity contribution in [2.45, 2.75) is 44.7 Å². The van der Waals surface area contributed by atoms with Crippen molar-refractivity contribution < 1.29 is 4.42 Å². The van der Waals surface area contributed by atoms with E-state index in [0.29, 0.717) is 0 Å². The maximum absolute atomic E-state index is 5.81. The summed E-state index contributed by atoms with van der Waals surface area (Å²) in [5.41, 5.74) is 4.61. The predicted molar refractivity (Wildman–Crippen MR) is 91.8 cm³/mol. The van der Waals surface area contributed by atoms with Crippen molar-refractivity contribution in [1.29, 1.82) is 0 Å². The minimum atomic E-state index is 0.743. The molecule has 0 bridgehead atoms. The Morgan fingerprint density at radius 3 is 3.00 bits per heavy atom. The number of nitrogens with zero attached hydrogens (tertiary/aromatic N) is 4. The lowest BCUT2D eigenvalue weighted by Crippen LogP contribution is -2.32. The minimum Gasteiger partial charge on any atom is -0.441 e. The smallest absolute Gasteiger partial charge is 0.195 e. The summed E-state index contributed by atoms with van der Waals surface area (Å²) < 4.78 is 8.23. The molecule has 0 N–H and O–H groups in total. The van der Waals surface area contributed by atoms with Crippen molar-refractivity contribution in [2.24, 2.45) is 0 Å². The number of rotatable bonds is 5. The van der Waals surface area contributed by atoms with Gasteiger partial charge >= 0.3 is 0 Å². The number of hydrogen-bond acceptors (Lipinski definition) is 4. The summed E-state index contributed by atoms with van der Waals surface area (Å²) in [7, 11) is 0. The van der Waals surface area contributed by atoms with Crippen LogP contribution in [-0.2, 0) is 19.4 Å². The zero-order chi connectivity index (χ0) is 15.9. The van der Waals surface area contributed by atoms with Gasteiger partial charge in [-0.15, -0.1) is 0 Å². The van der Waals surface area contributed by atoms with E-state index >= 15 is 0 Å². The highest BCUT2D eigenvalue weighted by Crippen LogP contribution is 2.37. The summed E-state index contributed by atoms with van der Waals surface area (Å²) >= 11 is 0. The molecule has 1 saturated carbocycles. The van der Waals surface area contributed by atoms with E-state index in [9.17, 15) is 0 Å². The molecule has 1 fully saturated rings. The van der Waals surface area contributed by atoms with Crippen molar-refractivity contribution in [3.8, 4) is 0 Å². The number of aromatic nitrogens is 3. The molecule has 1 aliphatic carbocycles. The highest BCUT2D eigenvalue weighted by atomic mass is 16.3. The molecule has 5 heteroatoms. The molecule has 0 amide bonds. The summed E-state index contributed by atoms with van der Waals surface area (Å²) in [5, 5.41) is 0. The van der Waals surface area contributed by atoms with Gasteiger partial charge in [-0.3, -0.25) is 4.90 Å². The van der Waals surface area contributed by atoms with Crippen LogP contribution in [0.15, 0.2) is 35.0 Å². The number of oxazole rings is 1. The summed E-state index contributed by atoms with van der Waals surface area (Å²) in [6.45, 7) is 3.20. The molecular weight excluding hydrogens is 300 g/mol. The summed E-state index contributed by atoms with van der Waals surface area (Å²) in [4.78, 5) is 11.7. The number of imidazole rings is 1. The fourth-order valence-corrected chi connectivity index (χ4v) is 3.72. The molecule has 5 rings (SSSR count). The van der Waals surface area contributed by atoms with Crippen molar-refractivity contribution in [3.05, 3.63) is 47.9 Å². The van der Waals surface area contributed by atoms with Crippen LogP contribution < -0.4 is 0 Å². The van der Waals surface area contributed by atoms with Gasteiger partial charge in [0.25, 0.3) is 0 Å². The molecule has 5 nitrogen and oxygen atoms in total. The van der Waals surface area contributed by atoms with Crippen LogP contribution in [-0.4, -0.2) is 32.5 Å². The Hall–Kier alpha value is -2.14. The molecule has 0 spiro atoms. The Morgan fingerprint density at radius 2 is 2.12 bits per heavy atom. The fraction of sp³-hybridized carbons (Fsp3) is 0.474. The monoisotopic (exact) mass is 322 g/mol. The quantitative estimate of drug-likeness (QED) is 0.723. The third-order valence-electron chi connectivity index (χ3n) is 5.16. The summed E-state index contributed by atoms with van der Waals surface area (Å²) in [6.07, 6.45) is 7.83. The average molecular weight is 322 g/mol. The second-order valence-electron chi connectivity index (χ2n) is 6.98. The average Bonchev–Trinajstić information content (AvgIpc) is 3.22. The normalized spacial score (nSPS) is 18.2. The molecule has 1 aliphatic heterocycles. The zero-order valence-corrected chi connectivity index (χ0v) is 13.8. The van der Waals surface area contributed by atoms with Crippen LogP contribution in [0.1, 0.15) is 42.6 Å². The zero-order valence-electron chi connectivity index (χ0n) is 13.8. The molecular formula is C19H22N4O. The standard InChI is InChI=1S/C19H22N4O/c1-2-5-18-15(4-1)21-19(24-18)6-3-10-22-11-9-17-16(12-22)20-13-23(17)14-7-8-14/h1-2,4-5,13-14H,3,6-12H2. The number of aryl methyl sites for hydroxylation is 1. The lowest BCUT2D eigenvalue weighted by atomic mass is 10.1. The maximum Gasteiger partial charge on any atom is 0.195 e. The second kappa shape index (κ2) is 5.74. The van der Waals surface area contributed by atoms with E-state index in [1.54, 1.807) is 0 Å². The first-order chi connectivity index (χ1) is 11.9. The van der Waals surface area contributed by atoms with Gasteiger partial charge in [0.05, 0.1) is 12.0 Å². The van der Waals surface area contributed by atoms with Crippen LogP contribution in [0.25, 0.3) is 11.1 Å². The second-order valence-corrected chi connectivity index (χ2v) is 6.98. The molecule has 2 aliphatic rings. The van der Waals surface area contributed by atoms with E-state index < -0.39 is 0 Å². The lowest BCUT2D eigenvalue weighted by molar-refractivity contribution is 0.243. The van der Waals surface area contributed by atoms with Crippen molar-refractivity contribution >= 4 is 11.1 Å². The van der Waals surface area contributed by atoms with Gasteiger partial charge in [-0.2, -0.15) is 0 Å². The minimum absolute atomic E-state index is 0.743. The van der Waals surface area contributed by atoms with Crippen molar-refractivity contribution in [3.63, 3.8) is 0 Å². The van der Waals surface area contributed by atoms with Gasteiger partial charge in [0.15, 0.2) is 11.5 Å². The molecule has 0 unspecified atom stereocenters.